The van der Waals surface area contributed by atoms with Crippen LogP contribution in [0.1, 0.15) is 55.8 Å². The molecule has 0 atom stereocenters. The second kappa shape index (κ2) is 8.67. The van der Waals surface area contributed by atoms with E-state index >= 15 is 0 Å². The first kappa shape index (κ1) is 17.5. The summed E-state index contributed by atoms with van der Waals surface area (Å²) in [5.41, 5.74) is 6.47. The lowest BCUT2D eigenvalue weighted by molar-refractivity contribution is -0.122. The summed E-state index contributed by atoms with van der Waals surface area (Å²) < 4.78 is 5.35. The Kier molecular flexibility index (Phi) is 6.59. The largest absolute Gasteiger partial charge is 0.494 e. The van der Waals surface area contributed by atoms with Gasteiger partial charge in [-0.2, -0.15) is 0 Å². The summed E-state index contributed by atoms with van der Waals surface area (Å²) in [5.74, 6) is 0.677. The number of nitrogens with one attached hydrogen (secondary N) is 1. The van der Waals surface area contributed by atoms with E-state index in [0.29, 0.717) is 12.2 Å². The third kappa shape index (κ3) is 5.67. The molecule has 1 aliphatic rings. The molecule has 23 heavy (non-hydrogen) atoms. The molecule has 0 spiro atoms. The highest BCUT2D eigenvalue weighted by Crippen LogP contribution is 2.17. The van der Waals surface area contributed by atoms with Crippen LogP contribution in [0.4, 0.5) is 0 Å². The van der Waals surface area contributed by atoms with Crippen molar-refractivity contribution in [1.82, 2.24) is 5.32 Å². The fourth-order valence-corrected chi connectivity index (χ4v) is 2.84. The maximum absolute atomic E-state index is 12.1. The van der Waals surface area contributed by atoms with Crippen LogP contribution in [0.5, 0.6) is 5.75 Å². The SMILES string of the molecule is CCOc1ccc(C(=O)CCC(=O)NC2CCC(N)CC2)cc1. The summed E-state index contributed by atoms with van der Waals surface area (Å²) in [4.78, 5) is 24.1. The molecular weight excluding hydrogens is 292 g/mol. The predicted molar refractivity (Wildman–Crippen MR) is 89.5 cm³/mol. The van der Waals surface area contributed by atoms with Crippen molar-refractivity contribution in [3.05, 3.63) is 29.8 Å². The van der Waals surface area contributed by atoms with Crippen molar-refractivity contribution in [3.63, 3.8) is 0 Å². The third-order valence-corrected chi connectivity index (χ3v) is 4.20. The van der Waals surface area contributed by atoms with Crippen molar-refractivity contribution in [2.24, 2.45) is 5.73 Å². The third-order valence-electron chi connectivity index (χ3n) is 4.20. The van der Waals surface area contributed by atoms with E-state index in [1.807, 2.05) is 6.92 Å². The number of ketones is 1. The summed E-state index contributed by atoms with van der Waals surface area (Å²) in [5, 5.41) is 3.01. The monoisotopic (exact) mass is 318 g/mol. The Bertz CT molecular complexity index is 520. The highest BCUT2D eigenvalue weighted by atomic mass is 16.5. The number of nitrogens with two attached hydrogens (primary N) is 1. The van der Waals surface area contributed by atoms with Crippen LogP contribution in [-0.2, 0) is 4.79 Å². The number of hydrogen-bond donors (Lipinski definition) is 2. The van der Waals surface area contributed by atoms with Gasteiger partial charge in [-0.3, -0.25) is 9.59 Å². The first-order chi connectivity index (χ1) is 11.1. The topological polar surface area (TPSA) is 81.4 Å². The summed E-state index contributed by atoms with van der Waals surface area (Å²) in [6, 6.07) is 7.53. The minimum atomic E-state index is -0.0512. The molecule has 0 unspecified atom stereocenters. The zero-order valence-corrected chi connectivity index (χ0v) is 13.7. The van der Waals surface area contributed by atoms with Crippen molar-refractivity contribution in [2.45, 2.75) is 57.5 Å². The van der Waals surface area contributed by atoms with Gasteiger partial charge in [0.25, 0.3) is 0 Å². The van der Waals surface area contributed by atoms with Gasteiger partial charge in [-0.1, -0.05) is 0 Å². The van der Waals surface area contributed by atoms with Gasteiger partial charge in [0.05, 0.1) is 6.61 Å². The van der Waals surface area contributed by atoms with E-state index in [1.54, 1.807) is 24.3 Å². The van der Waals surface area contributed by atoms with Gasteiger partial charge in [-0.25, -0.2) is 0 Å². The maximum atomic E-state index is 12.1. The summed E-state index contributed by atoms with van der Waals surface area (Å²) in [6.07, 6.45) is 4.23. The Labute approximate surface area is 137 Å². The van der Waals surface area contributed by atoms with Crippen LogP contribution in [0.15, 0.2) is 24.3 Å². The number of carbonyl (C=O) groups is 2. The van der Waals surface area contributed by atoms with Gasteiger partial charge in [0.1, 0.15) is 5.75 Å². The second-order valence-corrected chi connectivity index (χ2v) is 6.06. The molecule has 1 aromatic rings. The molecule has 5 nitrogen and oxygen atoms in total. The molecule has 0 radical (unpaired) electrons. The summed E-state index contributed by atoms with van der Waals surface area (Å²) in [6.45, 7) is 2.51. The second-order valence-electron chi connectivity index (χ2n) is 6.06. The quantitative estimate of drug-likeness (QED) is 0.757. The van der Waals surface area contributed by atoms with Crippen LogP contribution in [-0.4, -0.2) is 30.4 Å². The van der Waals surface area contributed by atoms with E-state index in [9.17, 15) is 9.59 Å². The van der Waals surface area contributed by atoms with Crippen molar-refractivity contribution in [3.8, 4) is 5.75 Å². The van der Waals surface area contributed by atoms with E-state index in [-0.39, 0.29) is 36.6 Å². The average molecular weight is 318 g/mol. The normalized spacial score (nSPS) is 20.8. The van der Waals surface area contributed by atoms with E-state index < -0.39 is 0 Å². The van der Waals surface area contributed by atoms with E-state index in [4.69, 9.17) is 10.5 Å². The molecule has 0 aliphatic heterocycles. The smallest absolute Gasteiger partial charge is 0.220 e. The molecule has 2 rings (SSSR count). The fourth-order valence-electron chi connectivity index (χ4n) is 2.84. The van der Waals surface area contributed by atoms with Gasteiger partial charge in [0.15, 0.2) is 5.78 Å². The first-order valence-electron chi connectivity index (χ1n) is 8.39. The Morgan fingerprint density at radius 1 is 1.13 bits per heavy atom. The lowest BCUT2D eigenvalue weighted by atomic mass is 9.91. The molecule has 3 N–H and O–H groups in total. The van der Waals surface area contributed by atoms with Crippen LogP contribution >= 0.6 is 0 Å². The van der Waals surface area contributed by atoms with E-state index in [0.717, 1.165) is 31.4 Å². The molecule has 1 fully saturated rings. The number of Topliss-reactive ketones (excluding diaryl/α,β-unsaturated/α-hetero) is 1. The Morgan fingerprint density at radius 2 is 1.78 bits per heavy atom. The minimum Gasteiger partial charge on any atom is -0.494 e. The molecule has 1 saturated carbocycles. The molecule has 1 aliphatic carbocycles. The molecule has 126 valence electrons. The van der Waals surface area contributed by atoms with Crippen LogP contribution in [0.25, 0.3) is 0 Å². The van der Waals surface area contributed by atoms with Gasteiger partial charge < -0.3 is 15.8 Å². The molecule has 5 heteroatoms. The fraction of sp³-hybridized carbons (Fsp3) is 0.556. The van der Waals surface area contributed by atoms with Crippen molar-refractivity contribution >= 4 is 11.7 Å². The van der Waals surface area contributed by atoms with Crippen LogP contribution in [0.2, 0.25) is 0 Å². The highest BCUT2D eigenvalue weighted by molar-refractivity contribution is 5.98. The number of rotatable bonds is 7. The molecule has 0 saturated heterocycles. The summed E-state index contributed by atoms with van der Waals surface area (Å²) >= 11 is 0. The Balaban J connectivity index is 1.73. The molecule has 0 bridgehead atoms. The van der Waals surface area contributed by atoms with Crippen LogP contribution in [0, 0.1) is 0 Å². The average Bonchev–Trinajstić information content (AvgIpc) is 2.56. The van der Waals surface area contributed by atoms with Gasteiger partial charge >= 0.3 is 0 Å². The molecule has 1 aromatic carbocycles. The van der Waals surface area contributed by atoms with Crippen LogP contribution < -0.4 is 15.8 Å². The van der Waals surface area contributed by atoms with Gasteiger partial charge in [-0.05, 0) is 56.9 Å². The molecular formula is C18H26N2O3. The van der Waals surface area contributed by atoms with Crippen molar-refractivity contribution in [1.29, 1.82) is 0 Å². The summed E-state index contributed by atoms with van der Waals surface area (Å²) in [7, 11) is 0. The zero-order valence-electron chi connectivity index (χ0n) is 13.7. The zero-order chi connectivity index (χ0) is 16.7. The Morgan fingerprint density at radius 3 is 2.39 bits per heavy atom. The van der Waals surface area contributed by atoms with Gasteiger partial charge in [0, 0.05) is 30.5 Å². The number of hydrogen-bond acceptors (Lipinski definition) is 4. The van der Waals surface area contributed by atoms with Gasteiger partial charge in [0.2, 0.25) is 5.91 Å². The maximum Gasteiger partial charge on any atom is 0.220 e. The van der Waals surface area contributed by atoms with E-state index in [2.05, 4.69) is 5.32 Å². The highest BCUT2D eigenvalue weighted by Gasteiger charge is 2.20. The van der Waals surface area contributed by atoms with Crippen LogP contribution in [0.3, 0.4) is 0 Å². The standard InChI is InChI=1S/C18H26N2O3/c1-2-23-16-9-3-13(4-10-16)17(21)11-12-18(22)20-15-7-5-14(19)6-8-15/h3-4,9-10,14-15H,2,5-8,11-12,19H2,1H3,(H,20,22). The lowest BCUT2D eigenvalue weighted by Gasteiger charge is -2.26. The lowest BCUT2D eigenvalue weighted by Crippen LogP contribution is -2.40. The van der Waals surface area contributed by atoms with Crippen molar-refractivity contribution < 1.29 is 14.3 Å². The number of carbonyl (C=O) groups excluding carboxylic acids is 2. The molecule has 0 heterocycles. The molecule has 0 aromatic heterocycles. The number of benzene rings is 1. The number of amides is 1. The van der Waals surface area contributed by atoms with Crippen molar-refractivity contribution in [2.75, 3.05) is 6.61 Å². The van der Waals surface area contributed by atoms with Gasteiger partial charge in [-0.15, -0.1) is 0 Å². The molecule has 1 amide bonds. The predicted octanol–water partition coefficient (Wildman–Crippen LogP) is 2.43. The Hall–Kier alpha value is -1.88. The van der Waals surface area contributed by atoms with E-state index in [1.165, 1.54) is 0 Å². The first-order valence-corrected chi connectivity index (χ1v) is 8.39. The minimum absolute atomic E-state index is 0.0196. The number of ether oxygens (including phenoxy) is 1.